The molecule has 1 aromatic rings. The van der Waals surface area contributed by atoms with E-state index in [0.717, 1.165) is 12.8 Å². The molecule has 0 aromatic carbocycles. The molecule has 1 amide bonds. The normalized spacial score (nSPS) is 11.5. The Kier molecular flexibility index (Phi) is 5.00. The lowest BCUT2D eigenvalue weighted by Crippen LogP contribution is -2.38. The highest BCUT2D eigenvalue weighted by molar-refractivity contribution is 6.18. The Morgan fingerprint density at radius 2 is 2.18 bits per heavy atom. The van der Waals surface area contributed by atoms with Crippen molar-refractivity contribution in [3.63, 3.8) is 0 Å². The first-order chi connectivity index (χ1) is 8.06. The standard InChI is InChI=1S/C12H19ClN2O2/c1-4-12(5-2,7-13)8-14-11(16)10-6-9(3)17-15-10/h6H,4-5,7-8H2,1-3H3,(H,14,16). The van der Waals surface area contributed by atoms with Crippen LogP contribution in [0, 0.1) is 12.3 Å². The van der Waals surface area contributed by atoms with Gasteiger partial charge < -0.3 is 9.84 Å². The quantitative estimate of drug-likeness (QED) is 0.799. The molecular formula is C12H19ClN2O2. The van der Waals surface area contributed by atoms with Crippen LogP contribution >= 0.6 is 11.6 Å². The average molecular weight is 259 g/mol. The Hall–Kier alpha value is -1.03. The molecule has 0 fully saturated rings. The number of aryl methyl sites for hydroxylation is 1. The summed E-state index contributed by atoms with van der Waals surface area (Å²) in [6, 6.07) is 1.62. The van der Waals surface area contributed by atoms with Crippen molar-refractivity contribution in [2.45, 2.75) is 33.6 Å². The summed E-state index contributed by atoms with van der Waals surface area (Å²) >= 11 is 5.97. The van der Waals surface area contributed by atoms with Gasteiger partial charge in [-0.05, 0) is 19.8 Å². The van der Waals surface area contributed by atoms with E-state index in [9.17, 15) is 4.79 Å². The lowest BCUT2D eigenvalue weighted by Gasteiger charge is -2.29. The zero-order valence-electron chi connectivity index (χ0n) is 10.5. The Balaban J connectivity index is 2.58. The van der Waals surface area contributed by atoms with E-state index in [1.807, 2.05) is 0 Å². The molecule has 96 valence electrons. The van der Waals surface area contributed by atoms with Crippen LogP contribution in [0.4, 0.5) is 0 Å². The number of halogens is 1. The van der Waals surface area contributed by atoms with Crippen molar-refractivity contribution in [3.05, 3.63) is 17.5 Å². The van der Waals surface area contributed by atoms with Crippen LogP contribution in [0.15, 0.2) is 10.6 Å². The zero-order valence-corrected chi connectivity index (χ0v) is 11.3. The molecular weight excluding hydrogens is 240 g/mol. The summed E-state index contributed by atoms with van der Waals surface area (Å²) in [7, 11) is 0. The van der Waals surface area contributed by atoms with Gasteiger partial charge in [0.2, 0.25) is 0 Å². The molecule has 0 saturated carbocycles. The molecule has 0 aliphatic heterocycles. The first-order valence-corrected chi connectivity index (χ1v) is 6.38. The number of hydrogen-bond acceptors (Lipinski definition) is 3. The summed E-state index contributed by atoms with van der Waals surface area (Å²) in [6.07, 6.45) is 1.87. The minimum Gasteiger partial charge on any atom is -0.361 e. The van der Waals surface area contributed by atoms with Gasteiger partial charge in [0.25, 0.3) is 5.91 Å². The molecule has 5 heteroatoms. The molecule has 17 heavy (non-hydrogen) atoms. The maximum absolute atomic E-state index is 11.8. The van der Waals surface area contributed by atoms with E-state index in [2.05, 4.69) is 24.3 Å². The largest absolute Gasteiger partial charge is 0.361 e. The zero-order chi connectivity index (χ0) is 12.9. The Bertz CT molecular complexity index is 364. The number of carbonyl (C=O) groups is 1. The van der Waals surface area contributed by atoms with Gasteiger partial charge in [-0.3, -0.25) is 4.79 Å². The number of hydrogen-bond donors (Lipinski definition) is 1. The van der Waals surface area contributed by atoms with Gasteiger partial charge in [0.05, 0.1) is 0 Å². The second-order valence-electron chi connectivity index (χ2n) is 4.35. The highest BCUT2D eigenvalue weighted by atomic mass is 35.5. The van der Waals surface area contributed by atoms with Crippen molar-refractivity contribution < 1.29 is 9.32 Å². The van der Waals surface area contributed by atoms with E-state index < -0.39 is 0 Å². The van der Waals surface area contributed by atoms with Crippen molar-refractivity contribution in [1.82, 2.24) is 10.5 Å². The van der Waals surface area contributed by atoms with E-state index in [1.54, 1.807) is 13.0 Å². The molecule has 1 rings (SSSR count). The fourth-order valence-electron chi connectivity index (χ4n) is 1.57. The minimum atomic E-state index is -0.210. The molecule has 1 heterocycles. The fourth-order valence-corrected chi connectivity index (χ4v) is 2.04. The first kappa shape index (κ1) is 14.0. The lowest BCUT2D eigenvalue weighted by molar-refractivity contribution is 0.0922. The molecule has 0 unspecified atom stereocenters. The van der Waals surface area contributed by atoms with E-state index in [0.29, 0.717) is 23.9 Å². The third-order valence-corrected chi connectivity index (χ3v) is 3.83. The van der Waals surface area contributed by atoms with Gasteiger partial charge in [-0.15, -0.1) is 11.6 Å². The number of alkyl halides is 1. The summed E-state index contributed by atoms with van der Waals surface area (Å²) in [5, 5.41) is 6.53. The minimum absolute atomic E-state index is 0.0318. The van der Waals surface area contributed by atoms with E-state index >= 15 is 0 Å². The third kappa shape index (κ3) is 3.46. The molecule has 1 N–H and O–H groups in total. The maximum atomic E-state index is 11.8. The number of rotatable bonds is 6. The lowest BCUT2D eigenvalue weighted by atomic mass is 9.84. The topological polar surface area (TPSA) is 55.1 Å². The second-order valence-corrected chi connectivity index (χ2v) is 4.61. The van der Waals surface area contributed by atoms with Gasteiger partial charge in [-0.1, -0.05) is 19.0 Å². The summed E-state index contributed by atoms with van der Waals surface area (Å²) in [6.45, 7) is 6.48. The van der Waals surface area contributed by atoms with Crippen molar-refractivity contribution in [2.24, 2.45) is 5.41 Å². The molecule has 0 bridgehead atoms. The van der Waals surface area contributed by atoms with Crippen molar-refractivity contribution >= 4 is 17.5 Å². The fraction of sp³-hybridized carbons (Fsp3) is 0.667. The highest BCUT2D eigenvalue weighted by Crippen LogP contribution is 2.26. The molecule has 0 aliphatic carbocycles. The number of carbonyl (C=O) groups excluding carboxylic acids is 1. The predicted molar refractivity (Wildman–Crippen MR) is 67.3 cm³/mol. The molecule has 0 aliphatic rings. The van der Waals surface area contributed by atoms with Crippen LogP contribution in [0.3, 0.4) is 0 Å². The van der Waals surface area contributed by atoms with E-state index in [4.69, 9.17) is 16.1 Å². The van der Waals surface area contributed by atoms with Gasteiger partial charge in [-0.2, -0.15) is 0 Å². The Labute approximate surface area is 107 Å². The number of aromatic nitrogens is 1. The number of nitrogens with zero attached hydrogens (tertiary/aromatic N) is 1. The highest BCUT2D eigenvalue weighted by Gasteiger charge is 2.26. The van der Waals surface area contributed by atoms with Gasteiger partial charge in [0, 0.05) is 23.9 Å². The van der Waals surface area contributed by atoms with Crippen LogP contribution < -0.4 is 5.32 Å². The van der Waals surface area contributed by atoms with Crippen LogP contribution in [0.25, 0.3) is 0 Å². The van der Waals surface area contributed by atoms with Crippen molar-refractivity contribution in [2.75, 3.05) is 12.4 Å². The van der Waals surface area contributed by atoms with Crippen LogP contribution in [0.1, 0.15) is 42.9 Å². The smallest absolute Gasteiger partial charge is 0.273 e. The molecule has 0 saturated heterocycles. The first-order valence-electron chi connectivity index (χ1n) is 5.84. The molecule has 0 atom stereocenters. The van der Waals surface area contributed by atoms with Crippen LogP contribution in [0.5, 0.6) is 0 Å². The van der Waals surface area contributed by atoms with E-state index in [-0.39, 0.29) is 11.3 Å². The van der Waals surface area contributed by atoms with Gasteiger partial charge in [0.1, 0.15) is 5.76 Å². The summed E-state index contributed by atoms with van der Waals surface area (Å²) in [4.78, 5) is 11.8. The Morgan fingerprint density at radius 1 is 1.53 bits per heavy atom. The number of amides is 1. The second kappa shape index (κ2) is 6.05. The van der Waals surface area contributed by atoms with Crippen molar-refractivity contribution in [1.29, 1.82) is 0 Å². The number of nitrogens with one attached hydrogen (secondary N) is 1. The summed E-state index contributed by atoms with van der Waals surface area (Å²) < 4.78 is 4.86. The maximum Gasteiger partial charge on any atom is 0.273 e. The van der Waals surface area contributed by atoms with Gasteiger partial charge in [0.15, 0.2) is 5.69 Å². The monoisotopic (exact) mass is 258 g/mol. The Morgan fingerprint density at radius 3 is 2.59 bits per heavy atom. The SMILES string of the molecule is CCC(CC)(CCl)CNC(=O)c1cc(C)on1. The summed E-state index contributed by atoms with van der Waals surface area (Å²) in [5.41, 5.74) is 0.286. The van der Waals surface area contributed by atoms with Gasteiger partial charge >= 0.3 is 0 Å². The molecule has 0 radical (unpaired) electrons. The average Bonchev–Trinajstić information content (AvgIpc) is 2.78. The van der Waals surface area contributed by atoms with Crippen LogP contribution in [-0.4, -0.2) is 23.5 Å². The van der Waals surface area contributed by atoms with Crippen LogP contribution in [-0.2, 0) is 0 Å². The third-order valence-electron chi connectivity index (χ3n) is 3.27. The molecule has 0 spiro atoms. The predicted octanol–water partition coefficient (Wildman–Crippen LogP) is 2.76. The van der Waals surface area contributed by atoms with Crippen LogP contribution in [0.2, 0.25) is 0 Å². The summed E-state index contributed by atoms with van der Waals surface area (Å²) in [5.74, 6) is 0.959. The van der Waals surface area contributed by atoms with Gasteiger partial charge in [-0.25, -0.2) is 0 Å². The van der Waals surface area contributed by atoms with Crippen molar-refractivity contribution in [3.8, 4) is 0 Å². The molecule has 1 aromatic heterocycles. The molecule has 4 nitrogen and oxygen atoms in total. The van der Waals surface area contributed by atoms with E-state index in [1.165, 1.54) is 0 Å².